The third kappa shape index (κ3) is 4.71. The molecule has 0 aliphatic heterocycles. The molecule has 1 aromatic rings. The molecule has 0 saturated heterocycles. The van der Waals surface area contributed by atoms with E-state index in [0.717, 1.165) is 18.8 Å². The average Bonchev–Trinajstić information content (AvgIpc) is 3.24. The van der Waals surface area contributed by atoms with Crippen LogP contribution in [0.5, 0.6) is 0 Å². The van der Waals surface area contributed by atoms with Crippen molar-refractivity contribution in [2.45, 2.75) is 70.2 Å². The predicted molar refractivity (Wildman–Crippen MR) is 91.2 cm³/mol. The summed E-state index contributed by atoms with van der Waals surface area (Å²) < 4.78 is 5.31. The Labute approximate surface area is 139 Å². The second-order valence-electron chi connectivity index (χ2n) is 7.90. The Kier molecular flexibility index (Phi) is 4.62. The van der Waals surface area contributed by atoms with Crippen LogP contribution >= 0.6 is 0 Å². The molecule has 2 fully saturated rings. The molecule has 23 heavy (non-hydrogen) atoms. The molecule has 2 saturated carbocycles. The molecule has 1 atom stereocenters. The normalized spacial score (nSPS) is 25.3. The highest BCUT2D eigenvalue weighted by atomic mass is 16.6. The summed E-state index contributed by atoms with van der Waals surface area (Å²) >= 11 is 0. The Hall–Kier alpha value is -1.55. The van der Waals surface area contributed by atoms with Gasteiger partial charge in [-0.3, -0.25) is 0 Å². The van der Waals surface area contributed by atoms with Gasteiger partial charge in [-0.2, -0.15) is 0 Å². The summed E-state index contributed by atoms with van der Waals surface area (Å²) in [6, 6.07) is 11.9. The monoisotopic (exact) mass is 316 g/mol. The maximum absolute atomic E-state index is 11.8. The minimum atomic E-state index is -0.435. The van der Waals surface area contributed by atoms with Gasteiger partial charge in [-0.1, -0.05) is 30.3 Å². The molecule has 3 rings (SSSR count). The first-order valence-corrected chi connectivity index (χ1v) is 8.71. The minimum Gasteiger partial charge on any atom is -0.444 e. The van der Waals surface area contributed by atoms with Crippen LogP contribution in [-0.4, -0.2) is 23.8 Å². The molecular formula is C19H28N2O2. The Bertz CT molecular complexity index is 528. The van der Waals surface area contributed by atoms with Crippen molar-refractivity contribution < 1.29 is 9.53 Å². The summed E-state index contributed by atoms with van der Waals surface area (Å²) in [6.45, 7) is 5.66. The lowest BCUT2D eigenvalue weighted by molar-refractivity contribution is 0.0462. The largest absolute Gasteiger partial charge is 0.444 e. The zero-order valence-electron chi connectivity index (χ0n) is 14.3. The Balaban J connectivity index is 1.45. The molecule has 0 radical (unpaired) electrons. The van der Waals surface area contributed by atoms with E-state index in [4.69, 9.17) is 4.74 Å². The molecule has 0 aromatic heterocycles. The number of hydrogen-bond donors (Lipinski definition) is 2. The van der Waals surface area contributed by atoms with Crippen LogP contribution in [0.2, 0.25) is 0 Å². The van der Waals surface area contributed by atoms with E-state index in [2.05, 4.69) is 41.0 Å². The lowest BCUT2D eigenvalue weighted by Gasteiger charge is -2.39. The van der Waals surface area contributed by atoms with E-state index in [9.17, 15) is 4.79 Å². The van der Waals surface area contributed by atoms with Gasteiger partial charge >= 0.3 is 6.09 Å². The third-order valence-corrected chi connectivity index (χ3v) is 4.53. The van der Waals surface area contributed by atoms with Crippen molar-refractivity contribution in [3.63, 3.8) is 0 Å². The maximum Gasteiger partial charge on any atom is 0.407 e. The van der Waals surface area contributed by atoms with Crippen molar-refractivity contribution in [3.8, 4) is 0 Å². The van der Waals surface area contributed by atoms with Crippen LogP contribution in [0, 0.1) is 5.92 Å². The fourth-order valence-corrected chi connectivity index (χ4v) is 3.19. The molecule has 2 N–H and O–H groups in total. The molecule has 2 aliphatic carbocycles. The van der Waals surface area contributed by atoms with Gasteiger partial charge in [0.15, 0.2) is 0 Å². The highest BCUT2D eigenvalue weighted by Crippen LogP contribution is 2.42. The third-order valence-electron chi connectivity index (χ3n) is 4.53. The summed E-state index contributed by atoms with van der Waals surface area (Å²) in [5.41, 5.74) is 0.953. The number of carbonyl (C=O) groups excluding carboxylic acids is 1. The minimum absolute atomic E-state index is 0.234. The standard InChI is InChI=1S/C19H28N2O2/c1-19(2,3)23-18(22)21-16-11-15(12-16)20-17(14-9-10-14)13-7-5-4-6-8-13/h4-8,14-17,20H,9-12H2,1-3H3,(H,21,22). The van der Waals surface area contributed by atoms with E-state index in [0.29, 0.717) is 12.1 Å². The van der Waals surface area contributed by atoms with E-state index < -0.39 is 5.60 Å². The van der Waals surface area contributed by atoms with Gasteiger partial charge < -0.3 is 15.4 Å². The molecule has 1 unspecified atom stereocenters. The first kappa shape index (κ1) is 16.3. The number of benzene rings is 1. The smallest absolute Gasteiger partial charge is 0.407 e. The van der Waals surface area contributed by atoms with Crippen molar-refractivity contribution in [2.24, 2.45) is 5.92 Å². The van der Waals surface area contributed by atoms with E-state index in [1.165, 1.54) is 18.4 Å². The second kappa shape index (κ2) is 6.52. The van der Waals surface area contributed by atoms with Gasteiger partial charge in [-0.15, -0.1) is 0 Å². The van der Waals surface area contributed by atoms with Gasteiger partial charge in [0, 0.05) is 18.1 Å². The topological polar surface area (TPSA) is 50.4 Å². The van der Waals surface area contributed by atoms with Crippen molar-refractivity contribution in [3.05, 3.63) is 35.9 Å². The van der Waals surface area contributed by atoms with Gasteiger partial charge in [-0.05, 0) is 57.9 Å². The number of hydrogen-bond acceptors (Lipinski definition) is 3. The molecule has 126 valence electrons. The van der Waals surface area contributed by atoms with Crippen LogP contribution in [0.15, 0.2) is 30.3 Å². The Morgan fingerprint density at radius 3 is 2.35 bits per heavy atom. The van der Waals surface area contributed by atoms with Crippen LogP contribution < -0.4 is 10.6 Å². The molecule has 2 aliphatic rings. The number of ether oxygens (including phenoxy) is 1. The molecule has 0 spiro atoms. The molecule has 4 nitrogen and oxygen atoms in total. The van der Waals surface area contributed by atoms with Gasteiger partial charge in [0.25, 0.3) is 0 Å². The van der Waals surface area contributed by atoms with Crippen molar-refractivity contribution >= 4 is 6.09 Å². The molecule has 4 heteroatoms. The second-order valence-corrected chi connectivity index (χ2v) is 7.90. The molecule has 1 amide bonds. The summed E-state index contributed by atoms with van der Waals surface area (Å²) in [5, 5.41) is 6.75. The summed E-state index contributed by atoms with van der Waals surface area (Å²) in [4.78, 5) is 11.8. The highest BCUT2D eigenvalue weighted by molar-refractivity contribution is 5.68. The van der Waals surface area contributed by atoms with Crippen LogP contribution in [0.1, 0.15) is 58.1 Å². The zero-order valence-corrected chi connectivity index (χ0v) is 14.3. The Morgan fingerprint density at radius 2 is 1.78 bits per heavy atom. The van der Waals surface area contributed by atoms with Gasteiger partial charge in [0.1, 0.15) is 5.60 Å². The van der Waals surface area contributed by atoms with Crippen LogP contribution in [0.4, 0.5) is 4.79 Å². The summed E-state index contributed by atoms with van der Waals surface area (Å²) in [5.74, 6) is 0.773. The van der Waals surface area contributed by atoms with Crippen molar-refractivity contribution in [1.82, 2.24) is 10.6 Å². The molecule has 0 heterocycles. The molecule has 1 aromatic carbocycles. The summed E-state index contributed by atoms with van der Waals surface area (Å²) in [6.07, 6.45) is 4.30. The summed E-state index contributed by atoms with van der Waals surface area (Å²) in [7, 11) is 0. The van der Waals surface area contributed by atoms with E-state index >= 15 is 0 Å². The van der Waals surface area contributed by atoms with Crippen molar-refractivity contribution in [2.75, 3.05) is 0 Å². The zero-order chi connectivity index (χ0) is 16.4. The fourth-order valence-electron chi connectivity index (χ4n) is 3.19. The Morgan fingerprint density at radius 1 is 1.13 bits per heavy atom. The number of rotatable bonds is 5. The van der Waals surface area contributed by atoms with Crippen molar-refractivity contribution in [1.29, 1.82) is 0 Å². The number of alkyl carbamates (subject to hydrolysis) is 1. The van der Waals surface area contributed by atoms with E-state index in [-0.39, 0.29) is 12.1 Å². The van der Waals surface area contributed by atoms with Gasteiger partial charge in [-0.25, -0.2) is 4.79 Å². The first-order chi connectivity index (χ1) is 10.9. The fraction of sp³-hybridized carbons (Fsp3) is 0.632. The SMILES string of the molecule is CC(C)(C)OC(=O)NC1CC(NC(c2ccccc2)C2CC2)C1. The predicted octanol–water partition coefficient (Wildman–Crippen LogP) is 3.78. The number of nitrogens with one attached hydrogen (secondary N) is 2. The van der Waals surface area contributed by atoms with E-state index in [1.807, 2.05) is 20.8 Å². The highest BCUT2D eigenvalue weighted by Gasteiger charge is 2.38. The lowest BCUT2D eigenvalue weighted by atomic mass is 9.85. The van der Waals surface area contributed by atoms with Crippen LogP contribution in [-0.2, 0) is 4.74 Å². The number of carbonyl (C=O) groups is 1. The first-order valence-electron chi connectivity index (χ1n) is 8.71. The van der Waals surface area contributed by atoms with Crippen LogP contribution in [0.3, 0.4) is 0 Å². The van der Waals surface area contributed by atoms with Gasteiger partial charge in [0.05, 0.1) is 0 Å². The van der Waals surface area contributed by atoms with Crippen LogP contribution in [0.25, 0.3) is 0 Å². The quantitative estimate of drug-likeness (QED) is 0.869. The maximum atomic E-state index is 11.8. The molecular weight excluding hydrogens is 288 g/mol. The lowest BCUT2D eigenvalue weighted by Crippen LogP contribution is -2.54. The van der Waals surface area contributed by atoms with E-state index in [1.54, 1.807) is 0 Å². The number of amides is 1. The average molecular weight is 316 g/mol. The van der Waals surface area contributed by atoms with Gasteiger partial charge in [0.2, 0.25) is 0 Å². The molecule has 0 bridgehead atoms.